The summed E-state index contributed by atoms with van der Waals surface area (Å²) in [4.78, 5) is 44.0. The fourth-order valence-corrected chi connectivity index (χ4v) is 14.8. The highest BCUT2D eigenvalue weighted by Crippen LogP contribution is 2.62. The quantitative estimate of drug-likeness (QED) is 0.0709. The van der Waals surface area contributed by atoms with Crippen LogP contribution in [0.15, 0.2) is 23.3 Å². The van der Waals surface area contributed by atoms with Crippen LogP contribution in [0.25, 0.3) is 0 Å². The number of esters is 2. The van der Waals surface area contributed by atoms with Crippen molar-refractivity contribution in [3.8, 4) is 0 Å². The van der Waals surface area contributed by atoms with E-state index in [4.69, 9.17) is 19.9 Å². The lowest BCUT2D eigenvalue weighted by Gasteiger charge is -2.56. The van der Waals surface area contributed by atoms with Gasteiger partial charge in [0.25, 0.3) is 0 Å². The van der Waals surface area contributed by atoms with Crippen LogP contribution in [-0.4, -0.2) is 132 Å². The summed E-state index contributed by atoms with van der Waals surface area (Å²) in [6.07, 6.45) is 9.77. The monoisotopic (exact) mass is 850 g/mol. The van der Waals surface area contributed by atoms with Gasteiger partial charge in [0.05, 0.1) is 38.2 Å². The molecule has 58 heavy (non-hydrogen) atoms. The van der Waals surface area contributed by atoms with Crippen LogP contribution >= 0.6 is 21.6 Å². The van der Waals surface area contributed by atoms with Gasteiger partial charge in [-0.25, -0.2) is 4.79 Å². The first kappa shape index (κ1) is 44.4. The van der Waals surface area contributed by atoms with E-state index in [1.54, 1.807) is 13.0 Å². The summed E-state index contributed by atoms with van der Waals surface area (Å²) in [7, 11) is 5.80. The molecule has 1 saturated carbocycles. The number of rotatable bonds is 12. The molecule has 15 heteroatoms. The van der Waals surface area contributed by atoms with Crippen molar-refractivity contribution in [2.24, 2.45) is 53.1 Å². The van der Waals surface area contributed by atoms with Crippen molar-refractivity contribution in [1.82, 2.24) is 4.90 Å². The minimum Gasteiger partial charge on any atom is -0.462 e. The highest BCUT2D eigenvalue weighted by atomic mass is 33.1. The fraction of sp³-hybridized carbons (Fsp3) is 0.837. The van der Waals surface area contributed by atoms with E-state index in [9.17, 15) is 29.7 Å². The van der Waals surface area contributed by atoms with E-state index < -0.39 is 17.2 Å². The molecule has 14 atom stereocenters. The Bertz CT molecular complexity index is 1550. The van der Waals surface area contributed by atoms with Crippen molar-refractivity contribution in [1.29, 1.82) is 0 Å². The van der Waals surface area contributed by atoms with Crippen molar-refractivity contribution < 1.29 is 54.5 Å². The molecule has 7 aliphatic rings. The van der Waals surface area contributed by atoms with Gasteiger partial charge in [-0.15, -0.1) is 0 Å². The minimum atomic E-state index is -1.06. The van der Waals surface area contributed by atoms with Gasteiger partial charge >= 0.3 is 11.9 Å². The average Bonchev–Trinajstić information content (AvgIpc) is 3.56. The first-order valence-corrected chi connectivity index (χ1v) is 24.7. The number of carbonyl (C=O) groups excluding carboxylic acids is 3. The van der Waals surface area contributed by atoms with E-state index in [1.807, 2.05) is 28.5 Å². The zero-order valence-electron chi connectivity index (χ0n) is 34.8. The van der Waals surface area contributed by atoms with E-state index in [0.29, 0.717) is 69.3 Å². The molecule has 326 valence electrons. The number of quaternary nitrogens is 2. The molecule has 14 unspecified atom stereocenters. The molecule has 6 fully saturated rings. The Morgan fingerprint density at radius 3 is 2.71 bits per heavy atom. The van der Waals surface area contributed by atoms with Gasteiger partial charge in [0.15, 0.2) is 0 Å². The van der Waals surface area contributed by atoms with Crippen LogP contribution in [0.5, 0.6) is 0 Å². The van der Waals surface area contributed by atoms with Gasteiger partial charge in [-0.3, -0.25) is 15.3 Å². The maximum absolute atomic E-state index is 14.3. The van der Waals surface area contributed by atoms with Gasteiger partial charge in [0.1, 0.15) is 23.5 Å². The van der Waals surface area contributed by atoms with Gasteiger partial charge < -0.3 is 45.1 Å². The Kier molecular flexibility index (Phi) is 14.6. The van der Waals surface area contributed by atoms with Gasteiger partial charge in [0.2, 0.25) is 5.91 Å². The number of ether oxygens (including phenoxy) is 3. The molecule has 13 nitrogen and oxygen atoms in total. The molecule has 9 N–H and O–H groups in total. The summed E-state index contributed by atoms with van der Waals surface area (Å²) in [5.41, 5.74) is 6.55. The number of piperidine rings is 1. The average molecular weight is 851 g/mol. The van der Waals surface area contributed by atoms with Crippen LogP contribution in [0.2, 0.25) is 0 Å². The number of hydrogen-bond acceptors (Lipinski definition) is 12. The van der Waals surface area contributed by atoms with Gasteiger partial charge in [-0.1, -0.05) is 39.3 Å². The van der Waals surface area contributed by atoms with Crippen molar-refractivity contribution in [3.63, 3.8) is 0 Å². The molecule has 0 aromatic heterocycles. The van der Waals surface area contributed by atoms with E-state index in [0.717, 1.165) is 37.6 Å². The third-order valence-electron chi connectivity index (χ3n) is 15.3. The lowest BCUT2D eigenvalue weighted by Crippen LogP contribution is -2.96. The van der Waals surface area contributed by atoms with Gasteiger partial charge in [-0.05, 0) is 76.0 Å². The third kappa shape index (κ3) is 8.82. The number of aliphatic hydroxyl groups is 3. The van der Waals surface area contributed by atoms with Crippen molar-refractivity contribution in [2.75, 3.05) is 58.0 Å². The van der Waals surface area contributed by atoms with Crippen molar-refractivity contribution in [3.05, 3.63) is 23.3 Å². The lowest BCUT2D eigenvalue weighted by atomic mass is 9.56. The molecule has 0 bridgehead atoms. The molecule has 5 heterocycles. The molecular formula is C43H70N4O9S2+2. The zero-order chi connectivity index (χ0) is 41.2. The van der Waals surface area contributed by atoms with Crippen molar-refractivity contribution in [2.45, 2.75) is 120 Å². The minimum absolute atomic E-state index is 0.00987. The largest absolute Gasteiger partial charge is 0.462 e. The Labute approximate surface area is 352 Å². The second-order valence-electron chi connectivity index (χ2n) is 18.7. The summed E-state index contributed by atoms with van der Waals surface area (Å²) >= 11 is 0. The predicted molar refractivity (Wildman–Crippen MR) is 222 cm³/mol. The molecule has 0 aromatic carbocycles. The Morgan fingerprint density at radius 2 is 1.97 bits per heavy atom. The Balaban J connectivity index is 1.23. The highest BCUT2D eigenvalue weighted by molar-refractivity contribution is 8.76. The summed E-state index contributed by atoms with van der Waals surface area (Å²) in [6, 6.07) is 0.243. The van der Waals surface area contributed by atoms with Crippen LogP contribution < -0.4 is 16.4 Å². The molecule has 1 spiro atoms. The number of aliphatic hydroxyl groups excluding tert-OH is 3. The topological polar surface area (TPSA) is 202 Å². The summed E-state index contributed by atoms with van der Waals surface area (Å²) in [5.74, 6) is 1.56. The fourth-order valence-electron chi connectivity index (χ4n) is 12.2. The summed E-state index contributed by atoms with van der Waals surface area (Å²) in [5, 5.41) is 33.7. The maximum atomic E-state index is 14.3. The van der Waals surface area contributed by atoms with E-state index in [-0.39, 0.29) is 104 Å². The van der Waals surface area contributed by atoms with Gasteiger partial charge in [-0.2, -0.15) is 0 Å². The zero-order valence-corrected chi connectivity index (χ0v) is 36.4. The normalized spacial score (nSPS) is 40.9. The van der Waals surface area contributed by atoms with Crippen LogP contribution in [0.1, 0.15) is 84.5 Å². The number of hydrogen-bond donors (Lipinski definition) is 6. The number of carbonyl (C=O) groups is 3. The number of amides is 1. The number of nitrogens with zero attached hydrogens (tertiary/aromatic N) is 1. The van der Waals surface area contributed by atoms with Gasteiger partial charge in [0, 0.05) is 93.3 Å². The second-order valence-corrected chi connectivity index (χ2v) is 21.2. The van der Waals surface area contributed by atoms with Crippen molar-refractivity contribution >= 4 is 39.4 Å². The molecule has 1 amide bonds. The molecular weight excluding hydrogens is 781 g/mol. The molecule has 5 saturated heterocycles. The SMILES string of the molecule is CC=C(CCO)C(=O)OC1(C)CC=C2CSSCC3C(C[NH2+]C)CN3C(=O)CC3C[NH2+]C(N)CC3C2C12CC1CC3CC(CC(CO)CCCO)C(=O)OC3CC1O2. The maximum Gasteiger partial charge on any atom is 0.334 e. The van der Waals surface area contributed by atoms with Crippen LogP contribution in [0, 0.1) is 47.3 Å². The molecule has 2 aliphatic carbocycles. The molecule has 0 aromatic rings. The molecule has 7 rings (SSSR count). The Morgan fingerprint density at radius 1 is 1.14 bits per heavy atom. The molecule has 0 radical (unpaired) electrons. The lowest BCUT2D eigenvalue weighted by molar-refractivity contribution is -0.706. The van der Waals surface area contributed by atoms with E-state index in [2.05, 4.69) is 28.7 Å². The summed E-state index contributed by atoms with van der Waals surface area (Å²) < 4.78 is 20.6. The first-order valence-electron chi connectivity index (χ1n) is 22.2. The van der Waals surface area contributed by atoms with E-state index >= 15 is 0 Å². The third-order valence-corrected chi connectivity index (χ3v) is 17.6. The number of allylic oxidation sites excluding steroid dienone is 1. The predicted octanol–water partition coefficient (Wildman–Crippen LogP) is 1.11. The number of nitrogens with two attached hydrogens (primary N) is 3. The second kappa shape index (κ2) is 19.1. The first-order chi connectivity index (χ1) is 28.0. The van der Waals surface area contributed by atoms with Crippen LogP contribution in [0.4, 0.5) is 0 Å². The standard InChI is InChI=1S/C43H68N4O9S2/c1-4-26(8-11-49)41(53)56-42(2)9-7-27-23-57-58-24-34-32(19-45-3)21-47(34)38(51)15-31-20-46-37(44)16-33(31)39(27)43(42)18-30-14-28-13-29(12-25(22-50)6-5-10-48)40(52)54-35(28)17-36(30)55-43/h4,7,25,28-37,39,45-46,48-50H,5-6,8-24,44H2,1-3H3/p+2. The van der Waals surface area contributed by atoms with E-state index in [1.165, 1.54) is 5.57 Å². The summed E-state index contributed by atoms with van der Waals surface area (Å²) in [6.45, 7) is 6.26. The smallest absolute Gasteiger partial charge is 0.334 e. The molecule has 5 aliphatic heterocycles. The Hall–Kier alpha value is -1.69. The number of fused-ring (bicyclic) bond motifs is 7. The van der Waals surface area contributed by atoms with Crippen LogP contribution in [-0.2, 0) is 28.6 Å². The highest BCUT2D eigenvalue weighted by Gasteiger charge is 2.68. The van der Waals surface area contributed by atoms with Crippen LogP contribution in [0.3, 0.4) is 0 Å².